The average molecular weight is 429 g/mol. The second-order valence-corrected chi connectivity index (χ2v) is 7.52. The lowest BCUT2D eigenvalue weighted by atomic mass is 10.2. The van der Waals surface area contributed by atoms with Gasteiger partial charge in [-0.2, -0.15) is 0 Å². The Bertz CT molecular complexity index is 960. The number of hydrogen-bond acceptors (Lipinski definition) is 3. The van der Waals surface area contributed by atoms with Crippen LogP contribution in [0, 0.1) is 0 Å². The van der Waals surface area contributed by atoms with Crippen molar-refractivity contribution in [3.8, 4) is 5.75 Å². The van der Waals surface area contributed by atoms with E-state index in [0.717, 1.165) is 11.4 Å². The molecule has 0 atom stereocenters. The molecule has 1 N–H and O–H groups in total. The number of carbonyl (C=O) groups is 1. The Hall–Kier alpha value is -2.69. The first-order chi connectivity index (χ1) is 14.0. The smallest absolute Gasteiger partial charge is 0.262 e. The molecule has 3 rings (SSSR count). The van der Waals surface area contributed by atoms with Gasteiger partial charge in [-0.15, -0.1) is 0 Å². The molecular weight excluding hydrogens is 407 g/mol. The van der Waals surface area contributed by atoms with Crippen molar-refractivity contribution in [2.24, 2.45) is 0 Å². The Labute approximate surface area is 181 Å². The minimum Gasteiger partial charge on any atom is -0.482 e. The van der Waals surface area contributed by atoms with Crippen molar-refractivity contribution >= 4 is 46.2 Å². The minimum atomic E-state index is -0.280. The third-order valence-electron chi connectivity index (χ3n) is 4.25. The first kappa shape index (κ1) is 21.0. The SMILES string of the molecule is CC(C)N(c1ccccc1)c1ccc(NC(=O)COc2cccc(Cl)c2Cl)cc1. The lowest BCUT2D eigenvalue weighted by Crippen LogP contribution is -2.25. The van der Waals surface area contributed by atoms with E-state index in [4.69, 9.17) is 27.9 Å². The van der Waals surface area contributed by atoms with Gasteiger partial charge in [-0.25, -0.2) is 0 Å². The molecule has 0 aliphatic carbocycles. The van der Waals surface area contributed by atoms with Gasteiger partial charge in [-0.1, -0.05) is 47.5 Å². The monoisotopic (exact) mass is 428 g/mol. The summed E-state index contributed by atoms with van der Waals surface area (Å²) in [5.74, 6) is 0.0951. The number of halogens is 2. The Kier molecular flexibility index (Phi) is 7.02. The molecule has 3 aromatic carbocycles. The van der Waals surface area contributed by atoms with Gasteiger partial charge in [0.1, 0.15) is 10.8 Å². The fourth-order valence-corrected chi connectivity index (χ4v) is 3.32. The third kappa shape index (κ3) is 5.43. The van der Waals surface area contributed by atoms with Crippen LogP contribution in [0.1, 0.15) is 13.8 Å². The summed E-state index contributed by atoms with van der Waals surface area (Å²) in [5, 5.41) is 3.50. The van der Waals surface area contributed by atoms with Gasteiger partial charge < -0.3 is 15.0 Å². The maximum atomic E-state index is 12.2. The van der Waals surface area contributed by atoms with Crippen LogP contribution in [0.25, 0.3) is 0 Å². The molecule has 3 aromatic rings. The highest BCUT2D eigenvalue weighted by molar-refractivity contribution is 6.42. The average Bonchev–Trinajstić information content (AvgIpc) is 2.71. The number of nitrogens with zero attached hydrogens (tertiary/aromatic N) is 1. The number of ether oxygens (including phenoxy) is 1. The molecule has 0 heterocycles. The van der Waals surface area contributed by atoms with E-state index in [0.29, 0.717) is 21.5 Å². The predicted octanol–water partition coefficient (Wildman–Crippen LogP) is 6.56. The fourth-order valence-electron chi connectivity index (χ4n) is 2.98. The van der Waals surface area contributed by atoms with E-state index in [2.05, 4.69) is 36.2 Å². The number of rotatable bonds is 7. The number of amides is 1. The molecule has 0 saturated carbocycles. The highest BCUT2D eigenvalue weighted by Crippen LogP contribution is 2.31. The van der Waals surface area contributed by atoms with Gasteiger partial charge in [0.05, 0.1) is 5.02 Å². The highest BCUT2D eigenvalue weighted by Gasteiger charge is 2.13. The van der Waals surface area contributed by atoms with Crippen molar-refractivity contribution in [2.45, 2.75) is 19.9 Å². The first-order valence-corrected chi connectivity index (χ1v) is 10.0. The summed E-state index contributed by atoms with van der Waals surface area (Å²) in [7, 11) is 0. The molecule has 150 valence electrons. The van der Waals surface area contributed by atoms with Crippen LogP contribution in [0.2, 0.25) is 10.0 Å². The van der Waals surface area contributed by atoms with Crippen molar-refractivity contribution in [3.05, 3.63) is 82.8 Å². The number of para-hydroxylation sites is 1. The molecule has 0 spiro atoms. The lowest BCUT2D eigenvalue weighted by Gasteiger charge is -2.29. The van der Waals surface area contributed by atoms with Crippen LogP contribution in [0.15, 0.2) is 72.8 Å². The Morgan fingerprint density at radius 1 is 0.931 bits per heavy atom. The molecule has 0 unspecified atom stereocenters. The van der Waals surface area contributed by atoms with Crippen LogP contribution >= 0.6 is 23.2 Å². The van der Waals surface area contributed by atoms with Crippen LogP contribution in [-0.2, 0) is 4.79 Å². The van der Waals surface area contributed by atoms with Crippen LogP contribution in [0.3, 0.4) is 0 Å². The maximum Gasteiger partial charge on any atom is 0.262 e. The van der Waals surface area contributed by atoms with Crippen molar-refractivity contribution in [2.75, 3.05) is 16.8 Å². The molecule has 0 bridgehead atoms. The summed E-state index contributed by atoms with van der Waals surface area (Å²) in [6.07, 6.45) is 0. The van der Waals surface area contributed by atoms with Crippen molar-refractivity contribution in [3.63, 3.8) is 0 Å². The molecule has 0 aliphatic heterocycles. The standard InChI is InChI=1S/C23H22Cl2N2O2/c1-16(2)27(18-7-4-3-5-8-18)19-13-11-17(12-14-19)26-22(28)15-29-21-10-6-9-20(24)23(21)25/h3-14,16H,15H2,1-2H3,(H,26,28). The summed E-state index contributed by atoms with van der Waals surface area (Å²) in [5.41, 5.74) is 2.86. The van der Waals surface area contributed by atoms with Gasteiger partial charge in [-0.05, 0) is 62.4 Å². The van der Waals surface area contributed by atoms with E-state index < -0.39 is 0 Å². The van der Waals surface area contributed by atoms with Crippen molar-refractivity contribution < 1.29 is 9.53 Å². The number of nitrogens with one attached hydrogen (secondary N) is 1. The van der Waals surface area contributed by atoms with Crippen molar-refractivity contribution in [1.82, 2.24) is 0 Å². The van der Waals surface area contributed by atoms with Gasteiger partial charge in [0.15, 0.2) is 6.61 Å². The summed E-state index contributed by atoms with van der Waals surface area (Å²) in [6, 6.07) is 23.2. The summed E-state index contributed by atoms with van der Waals surface area (Å²) in [6.45, 7) is 4.12. The van der Waals surface area contributed by atoms with Gasteiger partial charge in [0.25, 0.3) is 5.91 Å². The normalized spacial score (nSPS) is 10.7. The zero-order valence-corrected chi connectivity index (χ0v) is 17.7. The van der Waals surface area contributed by atoms with Gasteiger partial charge in [0, 0.05) is 23.1 Å². The highest BCUT2D eigenvalue weighted by atomic mass is 35.5. The van der Waals surface area contributed by atoms with Gasteiger partial charge in [-0.3, -0.25) is 4.79 Å². The molecule has 0 aliphatic rings. The molecule has 29 heavy (non-hydrogen) atoms. The van der Waals surface area contributed by atoms with E-state index >= 15 is 0 Å². The molecule has 0 radical (unpaired) electrons. The maximum absolute atomic E-state index is 12.2. The van der Waals surface area contributed by atoms with E-state index in [1.165, 1.54) is 0 Å². The summed E-state index contributed by atoms with van der Waals surface area (Å²) in [4.78, 5) is 14.4. The Balaban J connectivity index is 1.64. The molecule has 4 nitrogen and oxygen atoms in total. The van der Waals surface area contributed by atoms with Crippen molar-refractivity contribution in [1.29, 1.82) is 0 Å². The first-order valence-electron chi connectivity index (χ1n) is 9.26. The predicted molar refractivity (Wildman–Crippen MR) is 121 cm³/mol. The number of anilines is 3. The summed E-state index contributed by atoms with van der Waals surface area (Å²) < 4.78 is 5.47. The van der Waals surface area contributed by atoms with E-state index in [-0.39, 0.29) is 18.6 Å². The minimum absolute atomic E-state index is 0.163. The van der Waals surface area contributed by atoms with E-state index in [1.807, 2.05) is 42.5 Å². The Morgan fingerprint density at radius 2 is 1.59 bits per heavy atom. The zero-order chi connectivity index (χ0) is 20.8. The fraction of sp³-hybridized carbons (Fsp3) is 0.174. The van der Waals surface area contributed by atoms with Crippen LogP contribution in [0.4, 0.5) is 17.1 Å². The third-order valence-corrected chi connectivity index (χ3v) is 5.06. The van der Waals surface area contributed by atoms with Gasteiger partial charge >= 0.3 is 0 Å². The second kappa shape index (κ2) is 9.68. The molecule has 0 aromatic heterocycles. The molecule has 0 fully saturated rings. The Morgan fingerprint density at radius 3 is 2.24 bits per heavy atom. The number of hydrogen-bond donors (Lipinski definition) is 1. The zero-order valence-electron chi connectivity index (χ0n) is 16.2. The molecular formula is C23H22Cl2N2O2. The van der Waals surface area contributed by atoms with E-state index in [9.17, 15) is 4.79 Å². The molecule has 0 saturated heterocycles. The summed E-state index contributed by atoms with van der Waals surface area (Å²) >= 11 is 12.0. The largest absolute Gasteiger partial charge is 0.482 e. The van der Waals surface area contributed by atoms with Crippen LogP contribution in [0.5, 0.6) is 5.75 Å². The number of carbonyl (C=O) groups excluding carboxylic acids is 1. The topological polar surface area (TPSA) is 41.6 Å². The van der Waals surface area contributed by atoms with Gasteiger partial charge in [0.2, 0.25) is 0 Å². The second-order valence-electron chi connectivity index (χ2n) is 6.73. The molecule has 1 amide bonds. The lowest BCUT2D eigenvalue weighted by molar-refractivity contribution is -0.118. The molecule has 6 heteroatoms. The van der Waals surface area contributed by atoms with Crippen LogP contribution in [-0.4, -0.2) is 18.6 Å². The van der Waals surface area contributed by atoms with Crippen LogP contribution < -0.4 is 15.0 Å². The van der Waals surface area contributed by atoms with E-state index in [1.54, 1.807) is 18.2 Å². The quantitative estimate of drug-likeness (QED) is 0.463. The number of benzene rings is 3.